The number of nitrogens with zero attached hydrogens (tertiary/aromatic N) is 4. The Bertz CT molecular complexity index is 1240. The second-order valence-electron chi connectivity index (χ2n) is 6.59. The van der Waals surface area contributed by atoms with E-state index in [9.17, 15) is 14.9 Å². The summed E-state index contributed by atoms with van der Waals surface area (Å²) in [5.74, 6) is 1.74. The summed E-state index contributed by atoms with van der Waals surface area (Å²) in [7, 11) is 0. The number of carbonyl (C=O) groups excluding carboxylic acids is 1. The van der Waals surface area contributed by atoms with Crippen LogP contribution in [0, 0.1) is 17.0 Å². The van der Waals surface area contributed by atoms with E-state index in [1.807, 2.05) is 29.1 Å². The zero-order chi connectivity index (χ0) is 21.8. The Labute approximate surface area is 177 Å². The highest BCUT2D eigenvalue weighted by atomic mass is 16.6. The summed E-state index contributed by atoms with van der Waals surface area (Å²) in [5.41, 5.74) is 0.579. The van der Waals surface area contributed by atoms with Crippen LogP contribution in [-0.4, -0.2) is 25.4 Å². The predicted octanol–water partition coefficient (Wildman–Crippen LogP) is 4.53. The number of hydrogen-bond acceptors (Lipinski definition) is 6. The zero-order valence-electron chi connectivity index (χ0n) is 16.4. The topological polar surface area (TPSA) is 112 Å². The van der Waals surface area contributed by atoms with E-state index in [-0.39, 0.29) is 11.3 Å². The van der Waals surface area contributed by atoms with Crippen LogP contribution in [0.1, 0.15) is 16.2 Å². The summed E-state index contributed by atoms with van der Waals surface area (Å²) in [4.78, 5) is 31.4. The van der Waals surface area contributed by atoms with Gasteiger partial charge in [0, 0.05) is 41.8 Å². The Morgan fingerprint density at radius 1 is 1.03 bits per heavy atom. The third-order valence-corrected chi connectivity index (χ3v) is 4.32. The molecule has 0 radical (unpaired) electrons. The van der Waals surface area contributed by atoms with Crippen molar-refractivity contribution in [2.24, 2.45) is 0 Å². The molecule has 4 rings (SSSR count). The summed E-state index contributed by atoms with van der Waals surface area (Å²) in [6.07, 6.45) is 3.76. The number of nitro groups is 1. The Balaban J connectivity index is 1.46. The average molecular weight is 415 g/mol. The van der Waals surface area contributed by atoms with Gasteiger partial charge in [-0.2, -0.15) is 4.98 Å². The standard InChI is InChI=1S/C22H17N5O4/c1-15-23-20(26-11-2-3-12-26)14-21(24-15)31-19-9-7-17(8-10-19)25-22(28)16-5-4-6-18(13-16)27(29)30/h2-14H,1H3,(H,25,28). The molecule has 2 aromatic heterocycles. The lowest BCUT2D eigenvalue weighted by Gasteiger charge is -2.10. The van der Waals surface area contributed by atoms with Crippen LogP contribution in [0.4, 0.5) is 11.4 Å². The van der Waals surface area contributed by atoms with E-state index < -0.39 is 10.8 Å². The zero-order valence-corrected chi connectivity index (χ0v) is 16.4. The number of nitro benzene ring substituents is 1. The van der Waals surface area contributed by atoms with Crippen LogP contribution in [0.3, 0.4) is 0 Å². The van der Waals surface area contributed by atoms with Crippen LogP contribution >= 0.6 is 0 Å². The maximum atomic E-state index is 12.4. The second kappa shape index (κ2) is 8.46. The van der Waals surface area contributed by atoms with Crippen molar-refractivity contribution in [3.8, 4) is 17.4 Å². The van der Waals surface area contributed by atoms with Crippen LogP contribution in [-0.2, 0) is 0 Å². The number of anilines is 1. The minimum atomic E-state index is -0.542. The van der Waals surface area contributed by atoms with Crippen molar-refractivity contribution in [3.05, 3.63) is 101 Å². The SMILES string of the molecule is Cc1nc(Oc2ccc(NC(=O)c3cccc([N+](=O)[O-])c3)cc2)cc(-n2cccc2)n1. The average Bonchev–Trinajstić information content (AvgIpc) is 3.30. The molecule has 4 aromatic rings. The molecule has 0 aliphatic heterocycles. The highest BCUT2D eigenvalue weighted by molar-refractivity contribution is 6.04. The third-order valence-electron chi connectivity index (χ3n) is 4.32. The first-order valence-electron chi connectivity index (χ1n) is 9.31. The molecule has 0 saturated heterocycles. The normalized spacial score (nSPS) is 10.5. The monoisotopic (exact) mass is 415 g/mol. The molecule has 0 aliphatic carbocycles. The van der Waals surface area contributed by atoms with E-state index in [1.165, 1.54) is 24.3 Å². The first kappa shape index (κ1) is 19.8. The smallest absolute Gasteiger partial charge is 0.270 e. The van der Waals surface area contributed by atoms with E-state index in [0.717, 1.165) is 0 Å². The number of amides is 1. The van der Waals surface area contributed by atoms with E-state index in [4.69, 9.17) is 4.74 Å². The quantitative estimate of drug-likeness (QED) is 0.366. The van der Waals surface area contributed by atoms with Gasteiger partial charge in [0.25, 0.3) is 11.6 Å². The summed E-state index contributed by atoms with van der Waals surface area (Å²) in [6.45, 7) is 1.78. The molecule has 0 bridgehead atoms. The van der Waals surface area contributed by atoms with Crippen molar-refractivity contribution in [2.75, 3.05) is 5.32 Å². The molecular formula is C22H17N5O4. The second-order valence-corrected chi connectivity index (χ2v) is 6.59. The van der Waals surface area contributed by atoms with Crippen LogP contribution in [0.25, 0.3) is 5.82 Å². The van der Waals surface area contributed by atoms with Gasteiger partial charge < -0.3 is 14.6 Å². The molecule has 0 fully saturated rings. The molecule has 0 aliphatic rings. The Hall–Kier alpha value is -4.53. The van der Waals surface area contributed by atoms with E-state index in [2.05, 4.69) is 15.3 Å². The molecule has 2 heterocycles. The molecule has 0 unspecified atom stereocenters. The lowest BCUT2D eigenvalue weighted by atomic mass is 10.2. The Morgan fingerprint density at radius 2 is 1.77 bits per heavy atom. The van der Waals surface area contributed by atoms with Gasteiger partial charge in [-0.15, -0.1) is 0 Å². The van der Waals surface area contributed by atoms with Crippen molar-refractivity contribution in [2.45, 2.75) is 6.92 Å². The van der Waals surface area contributed by atoms with Crippen LogP contribution in [0.2, 0.25) is 0 Å². The molecule has 1 amide bonds. The maximum Gasteiger partial charge on any atom is 0.270 e. The largest absolute Gasteiger partial charge is 0.439 e. The summed E-state index contributed by atoms with van der Waals surface area (Å²) >= 11 is 0. The van der Waals surface area contributed by atoms with Crippen LogP contribution in [0.5, 0.6) is 11.6 Å². The summed E-state index contributed by atoms with van der Waals surface area (Å²) in [6, 6.07) is 17.8. The lowest BCUT2D eigenvalue weighted by Crippen LogP contribution is -2.12. The number of carbonyl (C=O) groups is 1. The molecule has 0 saturated carbocycles. The van der Waals surface area contributed by atoms with Gasteiger partial charge in [0.15, 0.2) is 0 Å². The number of hydrogen-bond donors (Lipinski definition) is 1. The number of nitrogens with one attached hydrogen (secondary N) is 1. The fourth-order valence-electron chi connectivity index (χ4n) is 2.89. The third kappa shape index (κ3) is 4.73. The molecule has 0 spiro atoms. The van der Waals surface area contributed by atoms with E-state index in [0.29, 0.717) is 29.0 Å². The predicted molar refractivity (Wildman–Crippen MR) is 114 cm³/mol. The van der Waals surface area contributed by atoms with Gasteiger partial charge in [0.05, 0.1) is 4.92 Å². The van der Waals surface area contributed by atoms with Crippen molar-refractivity contribution in [1.29, 1.82) is 0 Å². The number of non-ortho nitro benzene ring substituents is 1. The van der Waals surface area contributed by atoms with Crippen molar-refractivity contribution >= 4 is 17.3 Å². The number of benzene rings is 2. The first-order chi connectivity index (χ1) is 15.0. The highest BCUT2D eigenvalue weighted by Gasteiger charge is 2.12. The van der Waals surface area contributed by atoms with Gasteiger partial charge in [0.2, 0.25) is 5.88 Å². The van der Waals surface area contributed by atoms with Crippen LogP contribution < -0.4 is 10.1 Å². The Morgan fingerprint density at radius 3 is 2.48 bits per heavy atom. The van der Waals surface area contributed by atoms with Crippen LogP contribution in [0.15, 0.2) is 79.1 Å². The molecular weight excluding hydrogens is 398 g/mol. The molecule has 2 aromatic carbocycles. The van der Waals surface area contributed by atoms with Crippen molar-refractivity contribution in [1.82, 2.24) is 14.5 Å². The number of aryl methyl sites for hydroxylation is 1. The summed E-state index contributed by atoms with van der Waals surface area (Å²) < 4.78 is 7.69. The molecule has 154 valence electrons. The molecule has 0 atom stereocenters. The van der Waals surface area contributed by atoms with Gasteiger partial charge >= 0.3 is 0 Å². The maximum absolute atomic E-state index is 12.4. The van der Waals surface area contributed by atoms with Gasteiger partial charge in [-0.3, -0.25) is 14.9 Å². The molecule has 9 nitrogen and oxygen atoms in total. The van der Waals surface area contributed by atoms with Gasteiger partial charge in [-0.1, -0.05) is 6.07 Å². The number of ether oxygens (including phenoxy) is 1. The Kier molecular flexibility index (Phi) is 5.39. The van der Waals surface area contributed by atoms with Gasteiger partial charge in [-0.25, -0.2) is 4.98 Å². The van der Waals surface area contributed by atoms with Gasteiger partial charge in [-0.05, 0) is 49.4 Å². The minimum Gasteiger partial charge on any atom is -0.439 e. The fraction of sp³-hybridized carbons (Fsp3) is 0.0455. The number of rotatable bonds is 6. The number of aromatic nitrogens is 3. The molecule has 1 N–H and O–H groups in total. The van der Waals surface area contributed by atoms with Crippen molar-refractivity contribution < 1.29 is 14.5 Å². The van der Waals surface area contributed by atoms with E-state index in [1.54, 1.807) is 37.3 Å². The minimum absolute atomic E-state index is 0.143. The fourth-order valence-corrected chi connectivity index (χ4v) is 2.89. The molecule has 9 heteroatoms. The lowest BCUT2D eigenvalue weighted by molar-refractivity contribution is -0.384. The van der Waals surface area contributed by atoms with Gasteiger partial charge in [0.1, 0.15) is 17.4 Å². The first-order valence-corrected chi connectivity index (χ1v) is 9.31. The molecule has 31 heavy (non-hydrogen) atoms. The summed E-state index contributed by atoms with van der Waals surface area (Å²) in [5, 5.41) is 13.6. The van der Waals surface area contributed by atoms with E-state index >= 15 is 0 Å². The van der Waals surface area contributed by atoms with Crippen molar-refractivity contribution in [3.63, 3.8) is 0 Å². The highest BCUT2D eigenvalue weighted by Crippen LogP contribution is 2.24.